The third kappa shape index (κ3) is 2.49. The highest BCUT2D eigenvalue weighted by Crippen LogP contribution is 2.29. The molecule has 2 nitrogen and oxygen atoms in total. The van der Waals surface area contributed by atoms with Crippen molar-refractivity contribution in [3.63, 3.8) is 0 Å². The van der Waals surface area contributed by atoms with Crippen LogP contribution in [0, 0.1) is 0 Å². The minimum Gasteiger partial charge on any atom is -0.493 e. The second-order valence-corrected chi connectivity index (χ2v) is 4.33. The molecule has 0 aromatic heterocycles. The van der Waals surface area contributed by atoms with Gasteiger partial charge in [-0.1, -0.05) is 37.3 Å². The van der Waals surface area contributed by atoms with E-state index in [2.05, 4.69) is 0 Å². The maximum Gasteiger partial charge on any atom is 0.181 e. The van der Waals surface area contributed by atoms with Crippen LogP contribution in [0.15, 0.2) is 36.4 Å². The first kappa shape index (κ1) is 12.9. The first-order valence-corrected chi connectivity index (χ1v) is 6.55. The summed E-state index contributed by atoms with van der Waals surface area (Å²) in [5, 5.41) is 1.92. The molecule has 0 spiro atoms. The Balaban J connectivity index is 2.59. The van der Waals surface area contributed by atoms with Crippen LogP contribution in [0.4, 0.5) is 0 Å². The molecule has 0 saturated carbocycles. The van der Waals surface area contributed by atoms with Gasteiger partial charge in [0.25, 0.3) is 0 Å². The number of Topliss-reactive ketones (excluding diaryl/α,β-unsaturated/α-hetero) is 1. The summed E-state index contributed by atoms with van der Waals surface area (Å²) < 4.78 is 5.64. The van der Waals surface area contributed by atoms with Crippen molar-refractivity contribution in [1.29, 1.82) is 0 Å². The van der Waals surface area contributed by atoms with E-state index in [9.17, 15) is 4.79 Å². The largest absolute Gasteiger partial charge is 0.493 e. The van der Waals surface area contributed by atoms with Gasteiger partial charge in [-0.2, -0.15) is 0 Å². The minimum atomic E-state index is -0.0976. The first-order valence-electron chi connectivity index (χ1n) is 6.01. The average Bonchev–Trinajstić information content (AvgIpc) is 2.43. The lowest BCUT2D eigenvalue weighted by Crippen LogP contribution is -2.06. The van der Waals surface area contributed by atoms with Crippen molar-refractivity contribution >= 4 is 28.2 Å². The number of carbonyl (C=O) groups is 1. The van der Waals surface area contributed by atoms with E-state index in [1.54, 1.807) is 0 Å². The number of fused-ring (bicyclic) bond motifs is 1. The quantitative estimate of drug-likeness (QED) is 0.600. The molecule has 2 rings (SSSR count). The van der Waals surface area contributed by atoms with Crippen molar-refractivity contribution < 1.29 is 9.53 Å². The van der Waals surface area contributed by atoms with Gasteiger partial charge in [-0.25, -0.2) is 0 Å². The number of halogens is 1. The minimum absolute atomic E-state index is 0.0313. The molecule has 0 bridgehead atoms. The highest BCUT2D eigenvalue weighted by atomic mass is 35.5. The topological polar surface area (TPSA) is 26.3 Å². The van der Waals surface area contributed by atoms with Crippen molar-refractivity contribution in [3.05, 3.63) is 42.0 Å². The summed E-state index contributed by atoms with van der Waals surface area (Å²) in [6.45, 7) is 2.63. The van der Waals surface area contributed by atoms with Crippen LogP contribution in [0.5, 0.6) is 5.75 Å². The molecule has 0 aliphatic rings. The zero-order valence-corrected chi connectivity index (χ0v) is 11.0. The number of alkyl halides is 1. The normalized spacial score (nSPS) is 10.6. The third-order valence-corrected chi connectivity index (χ3v) is 3.00. The number of ether oxygens (including phenoxy) is 1. The summed E-state index contributed by atoms with van der Waals surface area (Å²) in [6.07, 6.45) is 0.904. The van der Waals surface area contributed by atoms with Crippen molar-refractivity contribution in [2.24, 2.45) is 0 Å². The number of benzene rings is 2. The van der Waals surface area contributed by atoms with Crippen LogP contribution < -0.4 is 4.74 Å². The monoisotopic (exact) mass is 262 g/mol. The van der Waals surface area contributed by atoms with E-state index in [-0.39, 0.29) is 11.7 Å². The molecule has 18 heavy (non-hydrogen) atoms. The standard InChI is InChI=1S/C15H15ClO2/c1-2-9-18-14-8-7-11-5-3-4-6-12(11)15(14)13(17)10-16/h3-8H,2,9-10H2,1H3. The Morgan fingerprint density at radius 3 is 2.72 bits per heavy atom. The van der Waals surface area contributed by atoms with Gasteiger partial charge in [0.2, 0.25) is 0 Å². The number of ketones is 1. The van der Waals surface area contributed by atoms with Gasteiger partial charge in [0.05, 0.1) is 18.1 Å². The molecule has 2 aromatic rings. The molecular weight excluding hydrogens is 248 g/mol. The zero-order chi connectivity index (χ0) is 13.0. The Kier molecular flexibility index (Phi) is 4.21. The van der Waals surface area contributed by atoms with Gasteiger partial charge in [0.15, 0.2) is 5.78 Å². The number of rotatable bonds is 5. The number of hydrogen-bond acceptors (Lipinski definition) is 2. The van der Waals surface area contributed by atoms with Gasteiger partial charge in [0, 0.05) is 0 Å². The van der Waals surface area contributed by atoms with Gasteiger partial charge >= 0.3 is 0 Å². The molecule has 0 fully saturated rings. The van der Waals surface area contributed by atoms with Gasteiger partial charge in [-0.15, -0.1) is 11.6 Å². The fourth-order valence-corrected chi connectivity index (χ4v) is 2.07. The second kappa shape index (κ2) is 5.87. The Labute approximate surface area is 112 Å². The summed E-state index contributed by atoms with van der Waals surface area (Å²) in [5.74, 6) is 0.497. The lowest BCUT2D eigenvalue weighted by atomic mass is 10.0. The molecule has 94 valence electrons. The van der Waals surface area contributed by atoms with Crippen LogP contribution in [0.25, 0.3) is 10.8 Å². The van der Waals surface area contributed by atoms with Crippen molar-refractivity contribution in [3.8, 4) is 5.75 Å². The smallest absolute Gasteiger partial charge is 0.181 e. The molecule has 0 saturated heterocycles. The van der Waals surface area contributed by atoms with Crippen molar-refractivity contribution in [2.45, 2.75) is 13.3 Å². The van der Waals surface area contributed by atoms with Crippen LogP contribution in [0.2, 0.25) is 0 Å². The number of carbonyl (C=O) groups excluding carboxylic acids is 1. The Morgan fingerprint density at radius 2 is 2.00 bits per heavy atom. The zero-order valence-electron chi connectivity index (χ0n) is 10.3. The number of hydrogen-bond donors (Lipinski definition) is 0. The molecule has 0 amide bonds. The molecule has 3 heteroatoms. The molecule has 0 N–H and O–H groups in total. The predicted octanol–water partition coefficient (Wildman–Crippen LogP) is 4.05. The fourth-order valence-electron chi connectivity index (χ4n) is 1.94. The van der Waals surface area contributed by atoms with Gasteiger partial charge < -0.3 is 4.74 Å². The Hall–Kier alpha value is -1.54. The molecule has 0 heterocycles. The summed E-state index contributed by atoms with van der Waals surface area (Å²) >= 11 is 5.69. The van der Waals surface area contributed by atoms with E-state index in [0.717, 1.165) is 17.2 Å². The van der Waals surface area contributed by atoms with E-state index in [4.69, 9.17) is 16.3 Å². The molecule has 2 aromatic carbocycles. The van der Waals surface area contributed by atoms with Gasteiger partial charge in [-0.05, 0) is 23.3 Å². The lowest BCUT2D eigenvalue weighted by molar-refractivity contribution is 0.101. The Morgan fingerprint density at radius 1 is 1.22 bits per heavy atom. The highest BCUT2D eigenvalue weighted by Gasteiger charge is 2.15. The summed E-state index contributed by atoms with van der Waals surface area (Å²) in [4.78, 5) is 12.0. The van der Waals surface area contributed by atoms with E-state index in [1.807, 2.05) is 43.3 Å². The van der Waals surface area contributed by atoms with E-state index in [1.165, 1.54) is 0 Å². The van der Waals surface area contributed by atoms with Gasteiger partial charge in [-0.3, -0.25) is 4.79 Å². The molecule has 0 radical (unpaired) electrons. The first-order chi connectivity index (χ1) is 8.77. The molecule has 0 aliphatic carbocycles. The molecule has 0 atom stereocenters. The van der Waals surface area contributed by atoms with Crippen LogP contribution in [-0.2, 0) is 0 Å². The highest BCUT2D eigenvalue weighted by molar-refractivity contribution is 6.32. The summed E-state index contributed by atoms with van der Waals surface area (Å²) in [6, 6.07) is 11.6. The predicted molar refractivity (Wildman–Crippen MR) is 74.8 cm³/mol. The van der Waals surface area contributed by atoms with Crippen LogP contribution in [0.1, 0.15) is 23.7 Å². The van der Waals surface area contributed by atoms with E-state index < -0.39 is 0 Å². The Bertz CT molecular complexity index is 563. The molecule has 0 aliphatic heterocycles. The average molecular weight is 263 g/mol. The van der Waals surface area contributed by atoms with Crippen molar-refractivity contribution in [1.82, 2.24) is 0 Å². The molecular formula is C15H15ClO2. The molecule has 0 unspecified atom stereocenters. The van der Waals surface area contributed by atoms with Crippen molar-refractivity contribution in [2.75, 3.05) is 12.5 Å². The van der Waals surface area contributed by atoms with E-state index >= 15 is 0 Å². The summed E-state index contributed by atoms with van der Waals surface area (Å²) in [7, 11) is 0. The fraction of sp³-hybridized carbons (Fsp3) is 0.267. The lowest BCUT2D eigenvalue weighted by Gasteiger charge is -2.12. The van der Waals surface area contributed by atoms with Crippen LogP contribution >= 0.6 is 11.6 Å². The maximum atomic E-state index is 12.0. The van der Waals surface area contributed by atoms with Gasteiger partial charge in [0.1, 0.15) is 5.75 Å². The summed E-state index contributed by atoms with van der Waals surface area (Å²) in [5.41, 5.74) is 0.594. The second-order valence-electron chi connectivity index (χ2n) is 4.07. The SMILES string of the molecule is CCCOc1ccc2ccccc2c1C(=O)CCl. The van der Waals surface area contributed by atoms with Crippen LogP contribution in [0.3, 0.4) is 0 Å². The third-order valence-electron chi connectivity index (χ3n) is 2.75. The van der Waals surface area contributed by atoms with Crippen LogP contribution in [-0.4, -0.2) is 18.3 Å². The maximum absolute atomic E-state index is 12.0. The van der Waals surface area contributed by atoms with E-state index in [0.29, 0.717) is 17.9 Å².